The summed E-state index contributed by atoms with van der Waals surface area (Å²) in [7, 11) is 1.40. The molecule has 3 nitrogen and oxygen atoms in total. The summed E-state index contributed by atoms with van der Waals surface area (Å²) in [6, 6.07) is 14.5. The van der Waals surface area contributed by atoms with Gasteiger partial charge in [-0.15, -0.1) is 0 Å². The lowest BCUT2D eigenvalue weighted by molar-refractivity contribution is 0.0600. The van der Waals surface area contributed by atoms with Crippen molar-refractivity contribution in [3.05, 3.63) is 71.0 Å². The Labute approximate surface area is 173 Å². The second kappa shape index (κ2) is 9.34. The molecule has 4 heteroatoms. The average molecular weight is 396 g/mol. The average Bonchev–Trinajstić information content (AvgIpc) is 2.78. The van der Waals surface area contributed by atoms with Crippen LogP contribution in [0.3, 0.4) is 0 Å². The molecule has 1 aliphatic rings. The molecule has 2 aromatic carbocycles. The molecule has 1 unspecified atom stereocenters. The number of nitrogens with zero attached hydrogens (tertiary/aromatic N) is 1. The summed E-state index contributed by atoms with van der Waals surface area (Å²) in [4.78, 5) is 17.0. The molecule has 1 aliphatic carbocycles. The Morgan fingerprint density at radius 3 is 2.24 bits per heavy atom. The number of hydrogen-bond acceptors (Lipinski definition) is 3. The highest BCUT2D eigenvalue weighted by Crippen LogP contribution is 2.42. The summed E-state index contributed by atoms with van der Waals surface area (Å²) < 4.78 is 18.2. The van der Waals surface area contributed by atoms with E-state index in [1.54, 1.807) is 0 Å². The number of carbonyl (C=O) groups is 1. The summed E-state index contributed by atoms with van der Waals surface area (Å²) >= 11 is 0. The molecule has 1 fully saturated rings. The van der Waals surface area contributed by atoms with Gasteiger partial charge in [-0.05, 0) is 61.6 Å². The Morgan fingerprint density at radius 2 is 1.69 bits per heavy atom. The van der Waals surface area contributed by atoms with Gasteiger partial charge in [0.25, 0.3) is 0 Å². The number of halogens is 1. The third-order valence-corrected chi connectivity index (χ3v) is 6.25. The first kappa shape index (κ1) is 21.2. The number of rotatable bonds is 6. The number of benzene rings is 2. The lowest BCUT2D eigenvalue weighted by Crippen LogP contribution is -2.37. The van der Waals surface area contributed by atoms with E-state index in [1.807, 2.05) is 24.3 Å². The van der Waals surface area contributed by atoms with Crippen molar-refractivity contribution in [3.8, 4) is 0 Å². The first-order chi connectivity index (χ1) is 14.0. The predicted octanol–water partition coefficient (Wildman–Crippen LogP) is 6.43. The zero-order chi connectivity index (χ0) is 20.9. The largest absolute Gasteiger partial charge is 0.465 e. The smallest absolute Gasteiger partial charge is 0.337 e. The molecule has 1 saturated carbocycles. The van der Waals surface area contributed by atoms with E-state index in [2.05, 4.69) is 26.0 Å². The van der Waals surface area contributed by atoms with Gasteiger partial charge in [0.15, 0.2) is 0 Å². The molecule has 0 saturated heterocycles. The van der Waals surface area contributed by atoms with E-state index in [9.17, 15) is 9.18 Å². The van der Waals surface area contributed by atoms with E-state index >= 15 is 0 Å². The molecule has 0 amide bonds. The summed E-state index contributed by atoms with van der Waals surface area (Å²) in [5.74, 6) is -0.541. The molecule has 2 aromatic rings. The van der Waals surface area contributed by atoms with Crippen molar-refractivity contribution >= 4 is 11.7 Å². The zero-order valence-electron chi connectivity index (χ0n) is 17.6. The molecule has 0 aromatic heterocycles. The van der Waals surface area contributed by atoms with Crippen molar-refractivity contribution in [2.24, 2.45) is 4.99 Å². The first-order valence-electron chi connectivity index (χ1n) is 10.5. The van der Waals surface area contributed by atoms with E-state index in [0.29, 0.717) is 5.56 Å². The topological polar surface area (TPSA) is 38.7 Å². The lowest BCUT2D eigenvalue weighted by atomic mass is 9.66. The van der Waals surface area contributed by atoms with Gasteiger partial charge in [-0.3, -0.25) is 4.99 Å². The summed E-state index contributed by atoms with van der Waals surface area (Å²) in [5, 5.41) is 0. The van der Waals surface area contributed by atoms with E-state index in [-0.39, 0.29) is 23.2 Å². The minimum atomic E-state index is -0.318. The van der Waals surface area contributed by atoms with Crippen LogP contribution in [0, 0.1) is 5.82 Å². The van der Waals surface area contributed by atoms with Crippen molar-refractivity contribution in [3.63, 3.8) is 0 Å². The highest BCUT2D eigenvalue weighted by molar-refractivity contribution is 5.94. The van der Waals surface area contributed by atoms with Crippen LogP contribution in [-0.4, -0.2) is 18.8 Å². The summed E-state index contributed by atoms with van der Waals surface area (Å²) in [6.45, 7) is 4.25. The van der Waals surface area contributed by atoms with E-state index in [4.69, 9.17) is 9.73 Å². The van der Waals surface area contributed by atoms with Crippen LogP contribution in [0.2, 0.25) is 0 Å². The van der Waals surface area contributed by atoms with Gasteiger partial charge in [-0.25, -0.2) is 9.18 Å². The zero-order valence-corrected chi connectivity index (χ0v) is 17.6. The third kappa shape index (κ3) is 4.58. The number of esters is 1. The Kier molecular flexibility index (Phi) is 6.83. The fourth-order valence-corrected chi connectivity index (χ4v) is 4.50. The van der Waals surface area contributed by atoms with E-state index in [0.717, 1.165) is 30.5 Å². The number of hydrogen-bond donors (Lipinski definition) is 0. The molecule has 1 atom stereocenters. The van der Waals surface area contributed by atoms with Crippen molar-refractivity contribution in [2.45, 2.75) is 63.8 Å². The molecule has 154 valence electrons. The highest BCUT2D eigenvalue weighted by Gasteiger charge is 2.37. The Morgan fingerprint density at radius 1 is 1.07 bits per heavy atom. The van der Waals surface area contributed by atoms with Gasteiger partial charge in [0, 0.05) is 11.1 Å². The SMILES string of the molecule is CCC(N=C(C)C1(c2ccc(C(=O)OC)cc2)CCCCC1)c1ccc(F)cc1. The van der Waals surface area contributed by atoms with E-state index in [1.165, 1.54) is 44.1 Å². The minimum absolute atomic E-state index is 0.0174. The number of carbonyl (C=O) groups excluding carboxylic acids is 1. The van der Waals surface area contributed by atoms with Crippen LogP contribution in [0.25, 0.3) is 0 Å². The molecule has 0 heterocycles. The van der Waals surface area contributed by atoms with Crippen LogP contribution < -0.4 is 0 Å². The maximum absolute atomic E-state index is 13.3. The molecule has 29 heavy (non-hydrogen) atoms. The monoisotopic (exact) mass is 395 g/mol. The van der Waals surface area contributed by atoms with Gasteiger partial charge in [0.05, 0.1) is 18.7 Å². The normalized spacial score (nSPS) is 17.6. The van der Waals surface area contributed by atoms with Crippen molar-refractivity contribution in [1.82, 2.24) is 0 Å². The number of ether oxygens (including phenoxy) is 1. The van der Waals surface area contributed by atoms with Gasteiger partial charge in [-0.1, -0.05) is 50.5 Å². The van der Waals surface area contributed by atoms with Crippen LogP contribution in [0.1, 0.15) is 79.9 Å². The fourth-order valence-electron chi connectivity index (χ4n) is 4.50. The standard InChI is InChI=1S/C25H30FNO2/c1-4-23(19-10-14-22(26)15-11-19)27-18(2)25(16-6-5-7-17-25)21-12-8-20(9-13-21)24(28)29-3/h8-15,23H,4-7,16-17H2,1-3H3. The highest BCUT2D eigenvalue weighted by atomic mass is 19.1. The lowest BCUT2D eigenvalue weighted by Gasteiger charge is -2.39. The molecule has 3 rings (SSSR count). The van der Waals surface area contributed by atoms with Gasteiger partial charge >= 0.3 is 5.97 Å². The van der Waals surface area contributed by atoms with Gasteiger partial charge in [-0.2, -0.15) is 0 Å². The molecule has 0 spiro atoms. The Hall–Kier alpha value is -2.49. The molecule has 0 bridgehead atoms. The molecule has 0 radical (unpaired) electrons. The van der Waals surface area contributed by atoms with Crippen molar-refractivity contribution < 1.29 is 13.9 Å². The maximum atomic E-state index is 13.3. The fraction of sp³-hybridized carbons (Fsp3) is 0.440. The Bertz CT molecular complexity index is 849. The van der Waals surface area contributed by atoms with Crippen molar-refractivity contribution in [2.75, 3.05) is 7.11 Å². The van der Waals surface area contributed by atoms with Crippen molar-refractivity contribution in [1.29, 1.82) is 0 Å². The predicted molar refractivity (Wildman–Crippen MR) is 115 cm³/mol. The second-order valence-corrected chi connectivity index (χ2v) is 7.90. The molecular formula is C25H30FNO2. The van der Waals surface area contributed by atoms with Gasteiger partial charge in [0.2, 0.25) is 0 Å². The second-order valence-electron chi connectivity index (χ2n) is 7.90. The molecule has 0 N–H and O–H groups in total. The third-order valence-electron chi connectivity index (χ3n) is 6.25. The first-order valence-corrected chi connectivity index (χ1v) is 10.5. The number of methoxy groups -OCH3 is 1. The summed E-state index contributed by atoms with van der Waals surface area (Å²) in [5.41, 5.74) is 3.83. The molecule has 0 aliphatic heterocycles. The molecular weight excluding hydrogens is 365 g/mol. The van der Waals surface area contributed by atoms with Crippen LogP contribution in [0.15, 0.2) is 53.5 Å². The summed E-state index contributed by atoms with van der Waals surface area (Å²) in [6.07, 6.45) is 6.54. The minimum Gasteiger partial charge on any atom is -0.465 e. The quantitative estimate of drug-likeness (QED) is 0.418. The van der Waals surface area contributed by atoms with Gasteiger partial charge in [0.1, 0.15) is 5.82 Å². The van der Waals surface area contributed by atoms with Crippen LogP contribution in [-0.2, 0) is 10.2 Å². The maximum Gasteiger partial charge on any atom is 0.337 e. The number of aliphatic imine (C=N–C) groups is 1. The van der Waals surface area contributed by atoms with Crippen LogP contribution in [0.5, 0.6) is 0 Å². The Balaban J connectivity index is 1.97. The van der Waals surface area contributed by atoms with Crippen LogP contribution >= 0.6 is 0 Å². The van der Waals surface area contributed by atoms with Gasteiger partial charge < -0.3 is 4.74 Å². The van der Waals surface area contributed by atoms with Crippen LogP contribution in [0.4, 0.5) is 4.39 Å². The van der Waals surface area contributed by atoms with E-state index < -0.39 is 0 Å².